The van der Waals surface area contributed by atoms with Crippen LogP contribution in [-0.4, -0.2) is 29.8 Å². The van der Waals surface area contributed by atoms with Crippen LogP contribution in [0.1, 0.15) is 37.0 Å². The van der Waals surface area contributed by atoms with E-state index in [4.69, 9.17) is 0 Å². The van der Waals surface area contributed by atoms with Crippen molar-refractivity contribution in [1.82, 2.24) is 10.6 Å². The fourth-order valence-electron chi connectivity index (χ4n) is 1.82. The van der Waals surface area contributed by atoms with Crippen LogP contribution in [0, 0.1) is 16.0 Å². The van der Waals surface area contributed by atoms with E-state index in [9.17, 15) is 19.7 Å². The molecule has 1 rings (SSSR count). The van der Waals surface area contributed by atoms with Crippen molar-refractivity contribution in [1.29, 1.82) is 0 Å². The lowest BCUT2D eigenvalue weighted by atomic mass is 10.1. The largest absolute Gasteiger partial charge is 0.355 e. The third kappa shape index (κ3) is 6.34. The second-order valence-corrected chi connectivity index (χ2v) is 5.38. The van der Waals surface area contributed by atoms with Gasteiger partial charge < -0.3 is 10.6 Å². The highest BCUT2D eigenvalue weighted by atomic mass is 16.6. The van der Waals surface area contributed by atoms with Crippen LogP contribution in [0.5, 0.6) is 0 Å². The third-order valence-corrected chi connectivity index (χ3v) is 3.01. The number of carbonyl (C=O) groups is 2. The second kappa shape index (κ2) is 8.76. The topological polar surface area (TPSA) is 101 Å². The van der Waals surface area contributed by atoms with E-state index >= 15 is 0 Å². The van der Waals surface area contributed by atoms with E-state index in [1.54, 1.807) is 0 Å². The van der Waals surface area contributed by atoms with Crippen LogP contribution >= 0.6 is 0 Å². The number of carbonyl (C=O) groups excluding carboxylic acids is 2. The molecule has 0 aliphatic carbocycles. The van der Waals surface area contributed by atoms with Crippen molar-refractivity contribution in [2.45, 2.75) is 26.7 Å². The van der Waals surface area contributed by atoms with Crippen LogP contribution in [0.15, 0.2) is 24.3 Å². The highest BCUT2D eigenvalue weighted by Gasteiger charge is 2.12. The zero-order chi connectivity index (χ0) is 16.5. The lowest BCUT2D eigenvalue weighted by molar-refractivity contribution is -0.384. The van der Waals surface area contributed by atoms with Gasteiger partial charge in [0.15, 0.2) is 0 Å². The number of non-ortho nitro benzene ring substituents is 1. The van der Waals surface area contributed by atoms with Gasteiger partial charge in [0.2, 0.25) is 5.91 Å². The molecule has 0 saturated carbocycles. The molecule has 0 unspecified atom stereocenters. The number of nitrogens with zero attached hydrogens (tertiary/aromatic N) is 1. The van der Waals surface area contributed by atoms with Crippen LogP contribution in [-0.2, 0) is 4.79 Å². The molecule has 0 radical (unpaired) electrons. The summed E-state index contributed by atoms with van der Waals surface area (Å²) in [6.45, 7) is 4.65. The predicted octanol–water partition coefficient (Wildman–Crippen LogP) is 1.88. The number of hydrogen-bond acceptors (Lipinski definition) is 4. The van der Waals surface area contributed by atoms with Gasteiger partial charge in [-0.05, 0) is 24.8 Å². The zero-order valence-electron chi connectivity index (χ0n) is 12.8. The van der Waals surface area contributed by atoms with E-state index in [0.717, 1.165) is 12.8 Å². The number of nitro benzene ring substituents is 1. The first-order chi connectivity index (χ1) is 10.4. The van der Waals surface area contributed by atoms with Crippen LogP contribution in [0.25, 0.3) is 0 Å². The smallest absolute Gasteiger partial charge is 0.270 e. The summed E-state index contributed by atoms with van der Waals surface area (Å²) in [5.41, 5.74) is -0.00686. The summed E-state index contributed by atoms with van der Waals surface area (Å²) in [7, 11) is 0. The van der Waals surface area contributed by atoms with Gasteiger partial charge in [0.1, 0.15) is 0 Å². The van der Waals surface area contributed by atoms with Gasteiger partial charge in [-0.3, -0.25) is 19.7 Å². The molecule has 0 aliphatic heterocycles. The van der Waals surface area contributed by atoms with E-state index in [-0.39, 0.29) is 23.7 Å². The normalized spacial score (nSPS) is 10.3. The Hall–Kier alpha value is -2.44. The van der Waals surface area contributed by atoms with Crippen LogP contribution in [0.2, 0.25) is 0 Å². The molecule has 7 heteroatoms. The Kier molecular flexibility index (Phi) is 7.01. The number of nitro groups is 1. The van der Waals surface area contributed by atoms with E-state index in [0.29, 0.717) is 12.5 Å². The number of nitrogens with one attached hydrogen (secondary N) is 2. The SMILES string of the molecule is CC(C)CCCNC(=O)CNC(=O)c1cccc([N+](=O)[O-])c1. The molecule has 0 bridgehead atoms. The molecule has 0 fully saturated rings. The van der Waals surface area contributed by atoms with Gasteiger partial charge in [0.05, 0.1) is 11.5 Å². The fraction of sp³-hybridized carbons (Fsp3) is 0.467. The van der Waals surface area contributed by atoms with Crippen LogP contribution < -0.4 is 10.6 Å². The number of benzene rings is 1. The summed E-state index contributed by atoms with van der Waals surface area (Å²) in [6, 6.07) is 5.37. The van der Waals surface area contributed by atoms with Gasteiger partial charge in [0.25, 0.3) is 11.6 Å². The van der Waals surface area contributed by atoms with Crippen molar-refractivity contribution in [2.75, 3.05) is 13.1 Å². The highest BCUT2D eigenvalue weighted by molar-refractivity contribution is 5.96. The molecule has 2 N–H and O–H groups in total. The molecule has 0 heterocycles. The van der Waals surface area contributed by atoms with E-state index < -0.39 is 10.8 Å². The standard InChI is InChI=1S/C15H21N3O4/c1-11(2)5-4-8-16-14(19)10-17-15(20)12-6-3-7-13(9-12)18(21)22/h3,6-7,9,11H,4-5,8,10H2,1-2H3,(H,16,19)(H,17,20). The quantitative estimate of drug-likeness (QED) is 0.435. The molecular formula is C15H21N3O4. The van der Waals surface area contributed by atoms with Gasteiger partial charge >= 0.3 is 0 Å². The molecule has 1 aromatic rings. The molecule has 0 aromatic heterocycles. The third-order valence-electron chi connectivity index (χ3n) is 3.01. The Labute approximate surface area is 129 Å². The molecule has 0 aliphatic rings. The van der Waals surface area contributed by atoms with Crippen molar-refractivity contribution < 1.29 is 14.5 Å². The summed E-state index contributed by atoms with van der Waals surface area (Å²) >= 11 is 0. The van der Waals surface area contributed by atoms with E-state index in [1.165, 1.54) is 24.3 Å². The molecule has 2 amide bonds. The highest BCUT2D eigenvalue weighted by Crippen LogP contribution is 2.12. The molecule has 0 spiro atoms. The molecule has 0 saturated heterocycles. The predicted molar refractivity (Wildman–Crippen MR) is 82.5 cm³/mol. The lowest BCUT2D eigenvalue weighted by Crippen LogP contribution is -2.37. The summed E-state index contributed by atoms with van der Waals surface area (Å²) in [6.07, 6.45) is 1.92. The monoisotopic (exact) mass is 307 g/mol. The van der Waals surface area contributed by atoms with E-state index in [2.05, 4.69) is 24.5 Å². The Bertz CT molecular complexity index is 543. The van der Waals surface area contributed by atoms with Gasteiger partial charge in [0, 0.05) is 24.2 Å². The number of hydrogen-bond donors (Lipinski definition) is 2. The van der Waals surface area contributed by atoms with Crippen molar-refractivity contribution in [3.63, 3.8) is 0 Å². The first-order valence-electron chi connectivity index (χ1n) is 7.19. The fourth-order valence-corrected chi connectivity index (χ4v) is 1.82. The first kappa shape index (κ1) is 17.6. The Morgan fingerprint density at radius 3 is 2.64 bits per heavy atom. The Morgan fingerprint density at radius 2 is 2.00 bits per heavy atom. The molecule has 120 valence electrons. The summed E-state index contributed by atoms with van der Waals surface area (Å²) in [4.78, 5) is 33.5. The minimum atomic E-state index is -0.571. The zero-order valence-corrected chi connectivity index (χ0v) is 12.8. The lowest BCUT2D eigenvalue weighted by Gasteiger charge is -2.08. The minimum Gasteiger partial charge on any atom is -0.355 e. The molecule has 0 atom stereocenters. The van der Waals surface area contributed by atoms with Crippen molar-refractivity contribution in [3.05, 3.63) is 39.9 Å². The second-order valence-electron chi connectivity index (χ2n) is 5.38. The molecular weight excluding hydrogens is 286 g/mol. The first-order valence-corrected chi connectivity index (χ1v) is 7.19. The van der Waals surface area contributed by atoms with E-state index in [1.807, 2.05) is 0 Å². The molecule has 22 heavy (non-hydrogen) atoms. The van der Waals surface area contributed by atoms with Gasteiger partial charge in [-0.25, -0.2) is 0 Å². The number of rotatable bonds is 8. The maximum Gasteiger partial charge on any atom is 0.270 e. The molecule has 7 nitrogen and oxygen atoms in total. The Balaban J connectivity index is 2.38. The summed E-state index contributed by atoms with van der Waals surface area (Å²) in [5, 5.41) is 15.8. The van der Waals surface area contributed by atoms with Crippen molar-refractivity contribution >= 4 is 17.5 Å². The number of amides is 2. The maximum atomic E-state index is 11.8. The van der Waals surface area contributed by atoms with Crippen molar-refractivity contribution in [3.8, 4) is 0 Å². The van der Waals surface area contributed by atoms with Crippen molar-refractivity contribution in [2.24, 2.45) is 5.92 Å². The average Bonchev–Trinajstić information content (AvgIpc) is 2.49. The van der Waals surface area contributed by atoms with Crippen LogP contribution in [0.3, 0.4) is 0 Å². The average molecular weight is 307 g/mol. The maximum absolute atomic E-state index is 11.8. The van der Waals surface area contributed by atoms with Gasteiger partial charge in [-0.2, -0.15) is 0 Å². The van der Waals surface area contributed by atoms with Gasteiger partial charge in [-0.1, -0.05) is 19.9 Å². The summed E-state index contributed by atoms with van der Waals surface area (Å²) < 4.78 is 0. The minimum absolute atomic E-state index is 0.150. The molecule has 1 aromatic carbocycles. The summed E-state index contributed by atoms with van der Waals surface area (Å²) in [5.74, 6) is -0.200. The van der Waals surface area contributed by atoms with Gasteiger partial charge in [-0.15, -0.1) is 0 Å². The van der Waals surface area contributed by atoms with Crippen LogP contribution in [0.4, 0.5) is 5.69 Å². The Morgan fingerprint density at radius 1 is 1.27 bits per heavy atom.